The zero-order valence-corrected chi connectivity index (χ0v) is 3.30. The van der Waals surface area contributed by atoms with Gasteiger partial charge in [-0.15, -0.1) is 0 Å². The summed E-state index contributed by atoms with van der Waals surface area (Å²) in [6, 6.07) is 0. The molecule has 0 aromatic heterocycles. The molecule has 0 spiro atoms. The van der Waals surface area contributed by atoms with Gasteiger partial charge in [0.2, 0.25) is 0 Å². The molecule has 0 aliphatic rings. The molecule has 0 saturated heterocycles. The quantitative estimate of drug-likeness (QED) is 0.329. The molecule has 0 radical (unpaired) electrons. The van der Waals surface area contributed by atoms with Crippen molar-refractivity contribution in [1.29, 1.82) is 0 Å². The van der Waals surface area contributed by atoms with Gasteiger partial charge in [0, 0.05) is 0 Å². The molecule has 0 aliphatic carbocycles. The standard InChI is InChI=1S/Mg.H2O3Si.H2O.2H/c;1-4(2)3;;;/h;1-2H;1H2;;. The molecule has 6 heavy (non-hydrogen) atoms. The third-order valence-electron chi connectivity index (χ3n) is 0. The molecule has 36 valence electrons. The molecule has 4 nitrogen and oxygen atoms in total. The average molecular weight is 122 g/mol. The maximum atomic E-state index is 8.74. The highest BCUT2D eigenvalue weighted by molar-refractivity contribution is 6.22. The summed E-state index contributed by atoms with van der Waals surface area (Å²) in [5.41, 5.74) is 0. The van der Waals surface area contributed by atoms with Crippen molar-refractivity contribution < 1.29 is 19.5 Å². The van der Waals surface area contributed by atoms with Crippen LogP contribution in [0.2, 0.25) is 0 Å². The second-order valence-corrected chi connectivity index (χ2v) is 0.848. The molecular weight excluding hydrogens is 116 g/mol. The van der Waals surface area contributed by atoms with E-state index in [4.69, 9.17) is 14.1 Å². The van der Waals surface area contributed by atoms with Gasteiger partial charge >= 0.3 is 32.2 Å². The maximum absolute atomic E-state index is 8.74. The van der Waals surface area contributed by atoms with Crippen molar-refractivity contribution in [2.75, 3.05) is 0 Å². The van der Waals surface area contributed by atoms with Gasteiger partial charge in [0.05, 0.1) is 0 Å². The smallest absolute Gasteiger partial charge is 0.511 e. The minimum Gasteiger partial charge on any atom is -0.511 e. The Labute approximate surface area is 52.2 Å². The molecule has 0 aromatic carbocycles. The van der Waals surface area contributed by atoms with Gasteiger partial charge in [-0.05, 0) is 0 Å². The zero-order chi connectivity index (χ0) is 3.58. The van der Waals surface area contributed by atoms with Crippen LogP contribution in [-0.4, -0.2) is 47.3 Å². The zero-order valence-electron chi connectivity index (χ0n) is 2.30. The summed E-state index contributed by atoms with van der Waals surface area (Å²) in [6.45, 7) is 0. The summed E-state index contributed by atoms with van der Waals surface area (Å²) < 4.78 is 8.74. The Morgan fingerprint density at radius 1 is 1.33 bits per heavy atom. The van der Waals surface area contributed by atoms with Crippen LogP contribution in [0.3, 0.4) is 0 Å². The van der Waals surface area contributed by atoms with Crippen LogP contribution < -0.4 is 0 Å². The SMILES string of the molecule is O.O=[Si](O)O.[MgH2]. The van der Waals surface area contributed by atoms with Gasteiger partial charge in [-0.3, -0.25) is 4.46 Å². The summed E-state index contributed by atoms with van der Waals surface area (Å²) in [4.78, 5) is 14.3. The minimum absolute atomic E-state index is 0. The van der Waals surface area contributed by atoms with Crippen LogP contribution in [0.4, 0.5) is 0 Å². The monoisotopic (exact) mass is 122 g/mol. The summed E-state index contributed by atoms with van der Waals surface area (Å²) >= 11 is 0. The van der Waals surface area contributed by atoms with E-state index in [1.165, 1.54) is 0 Å². The Hall–Kier alpha value is 0.343. The van der Waals surface area contributed by atoms with Crippen LogP contribution in [-0.2, 0) is 4.46 Å². The van der Waals surface area contributed by atoms with Gasteiger partial charge in [0.1, 0.15) is 0 Å². The third kappa shape index (κ3) is 412. The van der Waals surface area contributed by atoms with Crippen LogP contribution in [0.25, 0.3) is 0 Å². The van der Waals surface area contributed by atoms with Gasteiger partial charge in [-0.25, -0.2) is 0 Å². The highest BCUT2D eigenvalue weighted by Gasteiger charge is 1.85. The second-order valence-electron chi connectivity index (χ2n) is 0.283. The minimum atomic E-state index is -3.13. The normalized spacial score (nSPS) is 4.00. The van der Waals surface area contributed by atoms with Crippen LogP contribution in [0, 0.1) is 0 Å². The van der Waals surface area contributed by atoms with Crippen molar-refractivity contribution in [3.8, 4) is 0 Å². The highest BCUT2D eigenvalue weighted by Crippen LogP contribution is 1.27. The van der Waals surface area contributed by atoms with Crippen molar-refractivity contribution in [3.05, 3.63) is 0 Å². The summed E-state index contributed by atoms with van der Waals surface area (Å²) in [7, 11) is -3.13. The van der Waals surface area contributed by atoms with E-state index in [1.807, 2.05) is 0 Å². The molecule has 0 unspecified atom stereocenters. The Morgan fingerprint density at radius 3 is 1.33 bits per heavy atom. The third-order valence-corrected chi connectivity index (χ3v) is 0. The predicted molar refractivity (Wildman–Crippen MR) is 23.0 cm³/mol. The fourth-order valence-corrected chi connectivity index (χ4v) is 0. The van der Waals surface area contributed by atoms with Gasteiger partial charge in [0.15, 0.2) is 0 Å². The molecule has 0 heterocycles. The molecule has 0 atom stereocenters. The van der Waals surface area contributed by atoms with E-state index in [0.29, 0.717) is 0 Å². The first-order chi connectivity index (χ1) is 1.73. The number of hydrogen-bond acceptors (Lipinski definition) is 1. The second kappa shape index (κ2) is 9.02. The molecule has 0 amide bonds. The van der Waals surface area contributed by atoms with E-state index in [9.17, 15) is 0 Å². The molecule has 6 heteroatoms. The largest absolute Gasteiger partial charge is 0.761 e. The van der Waals surface area contributed by atoms with E-state index >= 15 is 0 Å². The van der Waals surface area contributed by atoms with Crippen molar-refractivity contribution >= 4 is 32.2 Å². The molecule has 4 N–H and O–H groups in total. The first kappa shape index (κ1) is 16.2. The van der Waals surface area contributed by atoms with Crippen LogP contribution >= 0.6 is 0 Å². The van der Waals surface area contributed by atoms with Crippen molar-refractivity contribution in [3.63, 3.8) is 0 Å². The van der Waals surface area contributed by atoms with Crippen molar-refractivity contribution in [1.82, 2.24) is 0 Å². The fourth-order valence-electron chi connectivity index (χ4n) is 0. The summed E-state index contributed by atoms with van der Waals surface area (Å²) in [5, 5.41) is 0. The first-order valence-electron chi connectivity index (χ1n) is 0.651. The Balaban J connectivity index is -0.0000000450. The molecule has 0 fully saturated rings. The van der Waals surface area contributed by atoms with Gasteiger partial charge < -0.3 is 15.1 Å². The van der Waals surface area contributed by atoms with Crippen molar-refractivity contribution in [2.45, 2.75) is 0 Å². The van der Waals surface area contributed by atoms with Crippen LogP contribution in [0.1, 0.15) is 0 Å². The molecule has 0 saturated carbocycles. The molecule has 0 bridgehead atoms. The fraction of sp³-hybridized carbons (Fsp3) is 0. The molecule has 0 aromatic rings. The van der Waals surface area contributed by atoms with E-state index in [-0.39, 0.29) is 28.5 Å². The van der Waals surface area contributed by atoms with Crippen molar-refractivity contribution in [2.24, 2.45) is 0 Å². The lowest BCUT2D eigenvalue weighted by atomic mass is 15.8. The van der Waals surface area contributed by atoms with Crippen LogP contribution in [0.15, 0.2) is 0 Å². The molecular formula is H6MgO4Si. The van der Waals surface area contributed by atoms with Gasteiger partial charge in [0.25, 0.3) is 0 Å². The van der Waals surface area contributed by atoms with E-state index < -0.39 is 9.17 Å². The lowest BCUT2D eigenvalue weighted by Crippen LogP contribution is -1.90. The first-order valence-corrected chi connectivity index (χ1v) is 1.95. The molecule has 0 rings (SSSR count). The Kier molecular flexibility index (Phi) is 24.4. The average Bonchev–Trinajstić information content (AvgIpc) is 0.811. The topological polar surface area (TPSA) is 89.0 Å². The van der Waals surface area contributed by atoms with Crippen LogP contribution in [0.5, 0.6) is 0 Å². The van der Waals surface area contributed by atoms with Gasteiger partial charge in [-0.2, -0.15) is 0 Å². The van der Waals surface area contributed by atoms with E-state index in [2.05, 4.69) is 0 Å². The summed E-state index contributed by atoms with van der Waals surface area (Å²) in [6.07, 6.45) is 0. The number of hydrogen-bond donors (Lipinski definition) is 2. The maximum Gasteiger partial charge on any atom is 0.761 e. The molecule has 0 aliphatic heterocycles. The Morgan fingerprint density at radius 2 is 1.33 bits per heavy atom. The van der Waals surface area contributed by atoms with E-state index in [1.54, 1.807) is 0 Å². The predicted octanol–water partition coefficient (Wildman–Crippen LogP) is -3.35. The summed E-state index contributed by atoms with van der Waals surface area (Å²) in [5.74, 6) is 0. The lowest BCUT2D eigenvalue weighted by Gasteiger charge is -1.55. The lowest BCUT2D eigenvalue weighted by molar-refractivity contribution is 0.330. The number of rotatable bonds is 0. The van der Waals surface area contributed by atoms with E-state index in [0.717, 1.165) is 0 Å². The highest BCUT2D eigenvalue weighted by atomic mass is 28.3. The Bertz CT molecular complexity index is 30.5. The van der Waals surface area contributed by atoms with Gasteiger partial charge in [-0.1, -0.05) is 0 Å².